The molecule has 0 unspecified atom stereocenters. The third-order valence-corrected chi connectivity index (χ3v) is 6.77. The van der Waals surface area contributed by atoms with Crippen molar-refractivity contribution in [3.05, 3.63) is 68.8 Å². The summed E-state index contributed by atoms with van der Waals surface area (Å²) in [4.78, 5) is 42.7. The van der Waals surface area contributed by atoms with Crippen LogP contribution in [0.15, 0.2) is 52.0 Å². The minimum atomic E-state index is -0.544. The molecule has 2 aromatic rings. The summed E-state index contributed by atoms with van der Waals surface area (Å²) in [7, 11) is 0. The second-order valence-corrected chi connectivity index (χ2v) is 8.51. The van der Waals surface area contributed by atoms with Gasteiger partial charge in [0, 0.05) is 55.2 Å². The third-order valence-electron chi connectivity index (χ3n) is 6.09. The van der Waals surface area contributed by atoms with E-state index in [1.165, 1.54) is 17.4 Å². The molecule has 7 heteroatoms. The molecule has 0 N–H and O–H groups in total. The van der Waals surface area contributed by atoms with Crippen LogP contribution in [0.25, 0.3) is 0 Å². The van der Waals surface area contributed by atoms with Gasteiger partial charge in [0.25, 0.3) is 11.5 Å². The summed E-state index contributed by atoms with van der Waals surface area (Å²) in [5.41, 5.74) is 1.44. The Morgan fingerprint density at radius 2 is 1.86 bits per heavy atom. The van der Waals surface area contributed by atoms with Crippen LogP contribution in [-0.2, 0) is 4.79 Å². The summed E-state index contributed by atoms with van der Waals surface area (Å²) in [6, 6.07) is 6.52. The molecule has 3 aliphatic heterocycles. The van der Waals surface area contributed by atoms with E-state index >= 15 is 0 Å². The van der Waals surface area contributed by atoms with Crippen molar-refractivity contribution in [2.45, 2.75) is 18.4 Å². The molecule has 3 aliphatic rings. The maximum absolute atomic E-state index is 13.3. The molecule has 1 fully saturated rings. The molecule has 144 valence electrons. The average molecular weight is 395 g/mol. The SMILES string of the molecule is O=C(c1ccsc1)N1C[C@@H]2C[C@H](C1)[C@H](C(=O)N1CC=CC1)n1c2cccc1=O. The van der Waals surface area contributed by atoms with E-state index in [9.17, 15) is 14.4 Å². The standard InChI is InChI=1S/C21H21N3O3S/c25-18-5-3-4-17-15-10-16(12-23(11-15)20(26)14-6-9-28-13-14)19(24(17)18)21(27)22-7-1-2-8-22/h1-6,9,13,15-16,19H,7-8,10-12H2/t15-,16+,19+/m0/s1. The van der Waals surface area contributed by atoms with Crippen LogP contribution in [0.1, 0.15) is 34.4 Å². The Labute approximate surface area is 166 Å². The Hall–Kier alpha value is -2.67. The summed E-state index contributed by atoms with van der Waals surface area (Å²) in [5.74, 6) is 0.0163. The number of amides is 2. The molecule has 2 bridgehead atoms. The predicted octanol–water partition coefficient (Wildman–Crippen LogP) is 2.11. The zero-order valence-corrected chi connectivity index (χ0v) is 16.2. The van der Waals surface area contributed by atoms with Gasteiger partial charge in [0.05, 0.1) is 5.56 Å². The molecule has 28 heavy (non-hydrogen) atoms. The molecular formula is C21H21N3O3S. The third kappa shape index (κ3) is 2.73. The number of piperidine rings is 1. The number of carbonyl (C=O) groups excluding carboxylic acids is 2. The first-order valence-corrected chi connectivity index (χ1v) is 10.5. The lowest BCUT2D eigenvalue weighted by molar-refractivity contribution is -0.136. The van der Waals surface area contributed by atoms with Gasteiger partial charge >= 0.3 is 0 Å². The van der Waals surface area contributed by atoms with Gasteiger partial charge < -0.3 is 9.80 Å². The van der Waals surface area contributed by atoms with E-state index < -0.39 is 6.04 Å². The average Bonchev–Trinajstić information content (AvgIpc) is 3.42. The summed E-state index contributed by atoms with van der Waals surface area (Å²) < 4.78 is 1.70. The maximum Gasteiger partial charge on any atom is 0.254 e. The van der Waals surface area contributed by atoms with Crippen LogP contribution in [0, 0.1) is 5.92 Å². The van der Waals surface area contributed by atoms with Crippen molar-refractivity contribution < 1.29 is 9.59 Å². The number of thiophene rings is 1. The van der Waals surface area contributed by atoms with Gasteiger partial charge in [-0.1, -0.05) is 18.2 Å². The second kappa shape index (κ2) is 6.74. The molecule has 0 aromatic carbocycles. The lowest BCUT2D eigenvalue weighted by Gasteiger charge is -2.46. The number of aromatic nitrogens is 1. The van der Waals surface area contributed by atoms with Crippen molar-refractivity contribution in [3.8, 4) is 0 Å². The molecule has 5 rings (SSSR count). The molecule has 2 aromatic heterocycles. The first-order valence-electron chi connectivity index (χ1n) is 9.60. The number of carbonyl (C=O) groups is 2. The zero-order chi connectivity index (χ0) is 19.3. The first kappa shape index (κ1) is 17.4. The van der Waals surface area contributed by atoms with Crippen LogP contribution in [0.4, 0.5) is 0 Å². The summed E-state index contributed by atoms with van der Waals surface area (Å²) in [5, 5.41) is 3.77. The zero-order valence-electron chi connectivity index (χ0n) is 15.4. The molecule has 0 radical (unpaired) electrons. The van der Waals surface area contributed by atoms with E-state index in [1.54, 1.807) is 15.5 Å². The van der Waals surface area contributed by atoms with Crippen LogP contribution < -0.4 is 5.56 Å². The Kier molecular flexibility index (Phi) is 4.19. The van der Waals surface area contributed by atoms with Gasteiger partial charge in [0.15, 0.2) is 0 Å². The van der Waals surface area contributed by atoms with E-state index in [2.05, 4.69) is 0 Å². The predicted molar refractivity (Wildman–Crippen MR) is 107 cm³/mol. The second-order valence-electron chi connectivity index (χ2n) is 7.73. The molecule has 5 heterocycles. The molecule has 0 aliphatic carbocycles. The highest BCUT2D eigenvalue weighted by atomic mass is 32.1. The molecule has 1 saturated heterocycles. The Morgan fingerprint density at radius 1 is 1.04 bits per heavy atom. The van der Waals surface area contributed by atoms with Crippen LogP contribution in [0.2, 0.25) is 0 Å². The van der Waals surface area contributed by atoms with Crippen molar-refractivity contribution in [1.82, 2.24) is 14.4 Å². The highest BCUT2D eigenvalue weighted by Gasteiger charge is 2.45. The number of rotatable bonds is 2. The number of hydrogen-bond acceptors (Lipinski definition) is 4. The van der Waals surface area contributed by atoms with Crippen LogP contribution in [-0.4, -0.2) is 52.4 Å². The van der Waals surface area contributed by atoms with E-state index in [0.717, 1.165) is 12.1 Å². The summed E-state index contributed by atoms with van der Waals surface area (Å²) >= 11 is 1.51. The van der Waals surface area contributed by atoms with E-state index in [1.807, 2.05) is 39.9 Å². The van der Waals surface area contributed by atoms with Gasteiger partial charge in [0.2, 0.25) is 5.91 Å². The Bertz CT molecular complexity index is 1000. The smallest absolute Gasteiger partial charge is 0.254 e. The molecule has 6 nitrogen and oxygen atoms in total. The van der Waals surface area contributed by atoms with E-state index in [4.69, 9.17) is 0 Å². The number of likely N-dealkylation sites (tertiary alicyclic amines) is 1. The number of fused-ring (bicyclic) bond motifs is 4. The van der Waals surface area contributed by atoms with E-state index in [-0.39, 0.29) is 29.2 Å². The van der Waals surface area contributed by atoms with Gasteiger partial charge in [-0.3, -0.25) is 19.0 Å². The fourth-order valence-electron chi connectivity index (χ4n) is 4.83. The molecule has 3 atom stereocenters. The first-order chi connectivity index (χ1) is 13.6. The highest BCUT2D eigenvalue weighted by Crippen LogP contribution is 2.42. The minimum absolute atomic E-state index is 0.0108. The van der Waals surface area contributed by atoms with E-state index in [0.29, 0.717) is 31.7 Å². The maximum atomic E-state index is 13.3. The Morgan fingerprint density at radius 3 is 2.61 bits per heavy atom. The fraction of sp³-hybridized carbons (Fsp3) is 0.381. The van der Waals surface area contributed by atoms with Gasteiger partial charge in [-0.2, -0.15) is 11.3 Å². The molecule has 0 saturated carbocycles. The molecular weight excluding hydrogens is 374 g/mol. The van der Waals surface area contributed by atoms with Crippen LogP contribution in [0.5, 0.6) is 0 Å². The van der Waals surface area contributed by atoms with Gasteiger partial charge in [-0.15, -0.1) is 0 Å². The van der Waals surface area contributed by atoms with Crippen molar-refractivity contribution in [3.63, 3.8) is 0 Å². The monoisotopic (exact) mass is 395 g/mol. The number of pyridine rings is 1. The molecule has 2 amide bonds. The van der Waals surface area contributed by atoms with Gasteiger partial charge in [0.1, 0.15) is 6.04 Å². The topological polar surface area (TPSA) is 62.6 Å². The van der Waals surface area contributed by atoms with Crippen molar-refractivity contribution >= 4 is 23.2 Å². The normalized spacial score (nSPS) is 25.6. The van der Waals surface area contributed by atoms with Crippen LogP contribution >= 0.6 is 11.3 Å². The minimum Gasteiger partial charge on any atom is -0.338 e. The number of hydrogen-bond donors (Lipinski definition) is 0. The number of nitrogens with zero attached hydrogens (tertiary/aromatic N) is 3. The van der Waals surface area contributed by atoms with Gasteiger partial charge in [-0.05, 0) is 23.9 Å². The lowest BCUT2D eigenvalue weighted by Crippen LogP contribution is -2.54. The van der Waals surface area contributed by atoms with Gasteiger partial charge in [-0.25, -0.2) is 0 Å². The summed E-state index contributed by atoms with van der Waals surface area (Å²) in [6.07, 6.45) is 4.78. The Balaban J connectivity index is 1.54. The fourth-order valence-corrected chi connectivity index (χ4v) is 5.46. The highest BCUT2D eigenvalue weighted by molar-refractivity contribution is 7.08. The quantitative estimate of drug-likeness (QED) is 0.732. The van der Waals surface area contributed by atoms with Crippen molar-refractivity contribution in [1.29, 1.82) is 0 Å². The lowest BCUT2D eigenvalue weighted by atomic mass is 9.77. The summed E-state index contributed by atoms with van der Waals surface area (Å²) in [6.45, 7) is 2.25. The largest absolute Gasteiger partial charge is 0.338 e. The van der Waals surface area contributed by atoms with Crippen LogP contribution in [0.3, 0.4) is 0 Å². The molecule has 0 spiro atoms. The van der Waals surface area contributed by atoms with Crippen molar-refractivity contribution in [2.75, 3.05) is 26.2 Å². The van der Waals surface area contributed by atoms with Crippen molar-refractivity contribution in [2.24, 2.45) is 5.92 Å².